The quantitative estimate of drug-likeness (QED) is 0.530. The van der Waals surface area contributed by atoms with Gasteiger partial charge in [-0.1, -0.05) is 36.7 Å². The van der Waals surface area contributed by atoms with Crippen molar-refractivity contribution >= 4 is 28.5 Å². The maximum atomic E-state index is 12.8. The zero-order chi connectivity index (χ0) is 20.3. The molecule has 2 atom stereocenters. The summed E-state index contributed by atoms with van der Waals surface area (Å²) in [5.74, 6) is -0.0280. The van der Waals surface area contributed by atoms with E-state index in [-0.39, 0.29) is 11.5 Å². The van der Waals surface area contributed by atoms with E-state index < -0.39 is 12.1 Å². The van der Waals surface area contributed by atoms with E-state index in [0.717, 1.165) is 6.42 Å². The number of fused-ring (bicyclic) bond motifs is 1. The van der Waals surface area contributed by atoms with Crippen LogP contribution in [0.2, 0.25) is 5.02 Å². The fourth-order valence-electron chi connectivity index (χ4n) is 2.68. The molecule has 0 aliphatic carbocycles. The Morgan fingerprint density at radius 2 is 1.89 bits per heavy atom. The van der Waals surface area contributed by atoms with Gasteiger partial charge in [0.1, 0.15) is 17.6 Å². The fraction of sp³-hybridized carbons (Fsp3) is 0.273. The van der Waals surface area contributed by atoms with Gasteiger partial charge in [0.25, 0.3) is 0 Å². The number of ether oxygens (including phenoxy) is 2. The second kappa shape index (κ2) is 8.48. The molecule has 146 valence electrons. The Morgan fingerprint density at radius 3 is 2.61 bits per heavy atom. The molecule has 3 aromatic rings. The van der Waals surface area contributed by atoms with Gasteiger partial charge in [-0.2, -0.15) is 0 Å². The highest BCUT2D eigenvalue weighted by molar-refractivity contribution is 6.33. The second-order valence-corrected chi connectivity index (χ2v) is 6.94. The van der Waals surface area contributed by atoms with Crippen molar-refractivity contribution in [1.82, 2.24) is 0 Å². The van der Waals surface area contributed by atoms with Crippen LogP contribution in [0.1, 0.15) is 27.2 Å². The SMILES string of the molecule is CC[C@H](C)OC(=O)[C@@H](C)Oc1ccc2c(=O)c(-c3ccccc3Cl)coc2c1. The van der Waals surface area contributed by atoms with Gasteiger partial charge in [0.05, 0.1) is 17.1 Å². The Kier molecular flexibility index (Phi) is 6.05. The van der Waals surface area contributed by atoms with Crippen LogP contribution in [0.5, 0.6) is 5.75 Å². The molecule has 5 nitrogen and oxygen atoms in total. The largest absolute Gasteiger partial charge is 0.479 e. The lowest BCUT2D eigenvalue weighted by atomic mass is 10.1. The summed E-state index contributed by atoms with van der Waals surface area (Å²) in [5.41, 5.74) is 1.17. The zero-order valence-corrected chi connectivity index (χ0v) is 16.7. The summed E-state index contributed by atoms with van der Waals surface area (Å²) in [4.78, 5) is 24.9. The van der Waals surface area contributed by atoms with Crippen molar-refractivity contribution in [3.8, 4) is 16.9 Å². The van der Waals surface area contributed by atoms with Gasteiger partial charge in [-0.05, 0) is 38.5 Å². The summed E-state index contributed by atoms with van der Waals surface area (Å²) in [5, 5.41) is 0.877. The molecule has 1 aromatic heterocycles. The maximum Gasteiger partial charge on any atom is 0.347 e. The highest BCUT2D eigenvalue weighted by Crippen LogP contribution is 2.28. The van der Waals surface area contributed by atoms with Crippen LogP contribution < -0.4 is 10.2 Å². The molecular weight excluding hydrogens is 380 g/mol. The van der Waals surface area contributed by atoms with E-state index >= 15 is 0 Å². The molecule has 0 aliphatic heterocycles. The minimum atomic E-state index is -0.777. The Morgan fingerprint density at radius 1 is 1.14 bits per heavy atom. The van der Waals surface area contributed by atoms with Crippen molar-refractivity contribution in [2.75, 3.05) is 0 Å². The van der Waals surface area contributed by atoms with E-state index in [2.05, 4.69) is 0 Å². The van der Waals surface area contributed by atoms with Gasteiger partial charge in [-0.25, -0.2) is 4.79 Å². The Balaban J connectivity index is 1.87. The van der Waals surface area contributed by atoms with Crippen molar-refractivity contribution in [2.24, 2.45) is 0 Å². The Bertz CT molecular complexity index is 1060. The van der Waals surface area contributed by atoms with Crippen LogP contribution in [0.15, 0.2) is 57.9 Å². The normalized spacial score (nSPS) is 13.1. The molecule has 0 saturated carbocycles. The summed E-state index contributed by atoms with van der Waals surface area (Å²) in [6, 6.07) is 11.9. The monoisotopic (exact) mass is 400 g/mol. The van der Waals surface area contributed by atoms with Gasteiger partial charge in [-0.15, -0.1) is 0 Å². The number of rotatable bonds is 6. The van der Waals surface area contributed by atoms with E-state index in [1.54, 1.807) is 43.3 Å². The number of carbonyl (C=O) groups excluding carboxylic acids is 1. The lowest BCUT2D eigenvalue weighted by Gasteiger charge is -2.17. The van der Waals surface area contributed by atoms with Gasteiger partial charge in [0.15, 0.2) is 6.10 Å². The number of carbonyl (C=O) groups is 1. The molecule has 0 saturated heterocycles. The molecule has 28 heavy (non-hydrogen) atoms. The van der Waals surface area contributed by atoms with Crippen LogP contribution in [-0.4, -0.2) is 18.2 Å². The van der Waals surface area contributed by atoms with Crippen LogP contribution in [0, 0.1) is 0 Å². The van der Waals surface area contributed by atoms with Gasteiger partial charge < -0.3 is 13.9 Å². The molecule has 6 heteroatoms. The van der Waals surface area contributed by atoms with E-state index in [4.69, 9.17) is 25.5 Å². The summed E-state index contributed by atoms with van der Waals surface area (Å²) in [7, 11) is 0. The van der Waals surface area contributed by atoms with Gasteiger partial charge in [0.2, 0.25) is 5.43 Å². The van der Waals surface area contributed by atoms with Crippen LogP contribution >= 0.6 is 11.6 Å². The molecule has 0 aliphatic rings. The molecule has 3 rings (SSSR count). The second-order valence-electron chi connectivity index (χ2n) is 6.53. The van der Waals surface area contributed by atoms with Gasteiger partial charge in [-0.3, -0.25) is 4.79 Å². The standard InChI is InChI=1S/C22H21ClO5/c1-4-13(2)27-22(25)14(3)28-15-9-10-17-20(11-15)26-12-18(21(17)24)16-7-5-6-8-19(16)23/h5-14H,4H2,1-3H3/t13-,14+/m0/s1. The summed E-state index contributed by atoms with van der Waals surface area (Å²) < 4.78 is 16.6. The molecule has 0 spiro atoms. The smallest absolute Gasteiger partial charge is 0.347 e. The van der Waals surface area contributed by atoms with E-state index in [1.165, 1.54) is 6.26 Å². The number of hydrogen-bond donors (Lipinski definition) is 0. The minimum absolute atomic E-state index is 0.170. The predicted molar refractivity (Wildman–Crippen MR) is 109 cm³/mol. The van der Waals surface area contributed by atoms with E-state index in [1.807, 2.05) is 19.9 Å². The highest BCUT2D eigenvalue weighted by atomic mass is 35.5. The average Bonchev–Trinajstić information content (AvgIpc) is 2.69. The van der Waals surface area contributed by atoms with Crippen molar-refractivity contribution in [1.29, 1.82) is 0 Å². The van der Waals surface area contributed by atoms with Crippen molar-refractivity contribution in [3.05, 3.63) is 64.0 Å². The fourth-order valence-corrected chi connectivity index (χ4v) is 2.91. The molecule has 1 heterocycles. The lowest BCUT2D eigenvalue weighted by Crippen LogP contribution is -2.29. The molecule has 0 N–H and O–H groups in total. The number of benzene rings is 2. The minimum Gasteiger partial charge on any atom is -0.479 e. The first-order valence-electron chi connectivity index (χ1n) is 9.08. The van der Waals surface area contributed by atoms with E-state index in [0.29, 0.717) is 32.9 Å². The molecule has 0 amide bonds. The first-order chi connectivity index (χ1) is 13.4. The van der Waals surface area contributed by atoms with Crippen molar-refractivity contribution in [3.63, 3.8) is 0 Å². The third kappa shape index (κ3) is 4.20. The molecular formula is C22H21ClO5. The third-order valence-electron chi connectivity index (χ3n) is 4.45. The number of esters is 1. The molecule has 0 fully saturated rings. The highest BCUT2D eigenvalue weighted by Gasteiger charge is 2.19. The molecule has 0 unspecified atom stereocenters. The Labute approximate surface area is 167 Å². The van der Waals surface area contributed by atoms with Crippen LogP contribution in [0.25, 0.3) is 22.1 Å². The predicted octanol–water partition coefficient (Wildman–Crippen LogP) is 5.22. The molecule has 0 bridgehead atoms. The first kappa shape index (κ1) is 20.0. The van der Waals surface area contributed by atoms with Crippen molar-refractivity contribution < 1.29 is 18.7 Å². The summed E-state index contributed by atoms with van der Waals surface area (Å²) in [6.07, 6.45) is 1.17. The molecule has 2 aromatic carbocycles. The topological polar surface area (TPSA) is 65.7 Å². The van der Waals surface area contributed by atoms with E-state index in [9.17, 15) is 9.59 Å². The average molecular weight is 401 g/mol. The third-order valence-corrected chi connectivity index (χ3v) is 4.78. The van der Waals surface area contributed by atoms with Gasteiger partial charge >= 0.3 is 5.97 Å². The first-order valence-corrected chi connectivity index (χ1v) is 9.46. The lowest BCUT2D eigenvalue weighted by molar-refractivity contribution is -0.155. The van der Waals surface area contributed by atoms with Crippen LogP contribution in [-0.2, 0) is 9.53 Å². The number of halogens is 1. The van der Waals surface area contributed by atoms with Crippen molar-refractivity contribution in [2.45, 2.75) is 39.4 Å². The van der Waals surface area contributed by atoms with Crippen LogP contribution in [0.4, 0.5) is 0 Å². The summed E-state index contributed by atoms with van der Waals surface area (Å²) in [6.45, 7) is 5.38. The molecule has 0 radical (unpaired) electrons. The Hall–Kier alpha value is -2.79. The summed E-state index contributed by atoms with van der Waals surface area (Å²) >= 11 is 6.20. The van der Waals surface area contributed by atoms with Crippen LogP contribution in [0.3, 0.4) is 0 Å². The number of hydrogen-bond acceptors (Lipinski definition) is 5. The maximum absolute atomic E-state index is 12.8. The van der Waals surface area contributed by atoms with Gasteiger partial charge in [0, 0.05) is 16.7 Å². The zero-order valence-electron chi connectivity index (χ0n) is 15.9.